The van der Waals surface area contributed by atoms with Gasteiger partial charge in [-0.05, 0) is 25.0 Å². The van der Waals surface area contributed by atoms with E-state index >= 15 is 0 Å². The predicted molar refractivity (Wildman–Crippen MR) is 62.4 cm³/mol. The average molecular weight is 217 g/mol. The maximum Gasteiger partial charge on any atom is 0.267 e. The summed E-state index contributed by atoms with van der Waals surface area (Å²) < 4.78 is 1.78. The molecule has 2 aromatic rings. The van der Waals surface area contributed by atoms with Crippen LogP contribution >= 0.6 is 0 Å². The molecule has 0 atom stereocenters. The number of carbonyl (C=O) groups excluding carboxylic acids is 1. The van der Waals surface area contributed by atoms with Gasteiger partial charge in [0, 0.05) is 6.20 Å². The molecule has 0 aliphatic rings. The molecule has 0 unspecified atom stereocenters. The first-order valence-electron chi connectivity index (χ1n) is 5.41. The molecule has 0 aromatic carbocycles. The summed E-state index contributed by atoms with van der Waals surface area (Å²) >= 11 is 0. The van der Waals surface area contributed by atoms with Gasteiger partial charge in [-0.1, -0.05) is 19.4 Å². The lowest BCUT2D eigenvalue weighted by Crippen LogP contribution is -2.16. The molecule has 84 valence electrons. The van der Waals surface area contributed by atoms with Crippen LogP contribution in [-0.4, -0.2) is 15.3 Å². The van der Waals surface area contributed by atoms with Gasteiger partial charge in [-0.15, -0.1) is 0 Å². The third-order valence-corrected chi connectivity index (χ3v) is 2.64. The Balaban J connectivity index is 2.75. The summed E-state index contributed by atoms with van der Waals surface area (Å²) in [7, 11) is 0. The van der Waals surface area contributed by atoms with Gasteiger partial charge in [-0.2, -0.15) is 0 Å². The number of pyridine rings is 1. The first-order chi connectivity index (χ1) is 7.65. The molecule has 1 amide bonds. The zero-order valence-electron chi connectivity index (χ0n) is 9.53. The van der Waals surface area contributed by atoms with Gasteiger partial charge in [0.15, 0.2) is 0 Å². The number of aryl methyl sites for hydroxylation is 2. The lowest BCUT2D eigenvalue weighted by atomic mass is 10.2. The molecule has 0 saturated carbocycles. The summed E-state index contributed by atoms with van der Waals surface area (Å²) in [5, 5.41) is 0. The van der Waals surface area contributed by atoms with Gasteiger partial charge in [0.05, 0.1) is 5.69 Å². The van der Waals surface area contributed by atoms with Gasteiger partial charge in [0.25, 0.3) is 5.91 Å². The number of amides is 1. The number of rotatable bonds is 3. The average Bonchev–Trinajstić information content (AvgIpc) is 2.58. The lowest BCUT2D eigenvalue weighted by Gasteiger charge is -2.00. The van der Waals surface area contributed by atoms with E-state index in [-0.39, 0.29) is 0 Å². The zero-order chi connectivity index (χ0) is 11.7. The van der Waals surface area contributed by atoms with Crippen LogP contribution in [0.15, 0.2) is 18.3 Å². The van der Waals surface area contributed by atoms with E-state index in [1.54, 1.807) is 4.40 Å². The first kappa shape index (κ1) is 10.7. The molecule has 0 aliphatic heterocycles. The molecule has 0 radical (unpaired) electrons. The maximum atomic E-state index is 11.4. The van der Waals surface area contributed by atoms with Crippen molar-refractivity contribution in [3.05, 3.63) is 35.3 Å². The van der Waals surface area contributed by atoms with Crippen LogP contribution in [0.5, 0.6) is 0 Å². The van der Waals surface area contributed by atoms with E-state index in [2.05, 4.69) is 11.9 Å². The van der Waals surface area contributed by atoms with E-state index in [0.717, 1.165) is 29.7 Å². The number of primary amides is 1. The van der Waals surface area contributed by atoms with Crippen molar-refractivity contribution < 1.29 is 4.79 Å². The summed E-state index contributed by atoms with van der Waals surface area (Å²) in [6.45, 7) is 4.03. The molecule has 2 heterocycles. The minimum atomic E-state index is -0.415. The highest BCUT2D eigenvalue weighted by atomic mass is 16.1. The van der Waals surface area contributed by atoms with Gasteiger partial charge in [-0.25, -0.2) is 4.98 Å². The number of nitrogens with zero attached hydrogens (tertiary/aromatic N) is 2. The normalized spacial score (nSPS) is 10.9. The van der Waals surface area contributed by atoms with Crippen LogP contribution in [0.3, 0.4) is 0 Å². The molecule has 16 heavy (non-hydrogen) atoms. The summed E-state index contributed by atoms with van der Waals surface area (Å²) in [6.07, 6.45) is 3.55. The number of nitrogens with two attached hydrogens (primary N) is 1. The molecule has 0 fully saturated rings. The van der Waals surface area contributed by atoms with E-state index < -0.39 is 5.91 Å². The van der Waals surface area contributed by atoms with Crippen molar-refractivity contribution in [3.63, 3.8) is 0 Å². The largest absolute Gasteiger partial charge is 0.364 e. The maximum absolute atomic E-state index is 11.4. The quantitative estimate of drug-likeness (QED) is 0.850. The zero-order valence-corrected chi connectivity index (χ0v) is 9.53. The lowest BCUT2D eigenvalue weighted by molar-refractivity contribution is 0.0993. The Kier molecular flexibility index (Phi) is 2.64. The van der Waals surface area contributed by atoms with Crippen molar-refractivity contribution in [1.82, 2.24) is 9.38 Å². The molecular weight excluding hydrogens is 202 g/mol. The number of carbonyl (C=O) groups is 1. The van der Waals surface area contributed by atoms with Crippen LogP contribution in [0.1, 0.15) is 35.1 Å². The molecule has 0 spiro atoms. The predicted octanol–water partition coefficient (Wildman–Crippen LogP) is 1.69. The molecular formula is C12H15N3O. The standard InChI is InChI=1S/C12H15N3O/c1-3-5-9-10(11(13)16)15-7-4-6-8(2)12(15)14-9/h4,6-7H,3,5H2,1-2H3,(H2,13,16). The first-order valence-corrected chi connectivity index (χ1v) is 5.41. The van der Waals surface area contributed by atoms with Gasteiger partial charge in [0.2, 0.25) is 0 Å². The second-order valence-electron chi connectivity index (χ2n) is 3.91. The SMILES string of the molecule is CCCc1nc2c(C)cccn2c1C(N)=O. The smallest absolute Gasteiger partial charge is 0.267 e. The highest BCUT2D eigenvalue weighted by Crippen LogP contribution is 2.16. The Hall–Kier alpha value is -1.84. The number of aromatic nitrogens is 2. The molecule has 2 N–H and O–H groups in total. The van der Waals surface area contributed by atoms with Crippen LogP contribution in [0.25, 0.3) is 5.65 Å². The van der Waals surface area contributed by atoms with E-state index in [4.69, 9.17) is 5.73 Å². The van der Waals surface area contributed by atoms with Crippen molar-refractivity contribution in [2.45, 2.75) is 26.7 Å². The minimum absolute atomic E-state index is 0.415. The Bertz CT molecular complexity index is 542. The number of imidazole rings is 1. The summed E-state index contributed by atoms with van der Waals surface area (Å²) in [5.74, 6) is -0.415. The van der Waals surface area contributed by atoms with Gasteiger partial charge < -0.3 is 5.73 Å². The van der Waals surface area contributed by atoms with E-state index in [0.29, 0.717) is 5.69 Å². The minimum Gasteiger partial charge on any atom is -0.364 e. The molecule has 0 bridgehead atoms. The fraction of sp³-hybridized carbons (Fsp3) is 0.333. The number of hydrogen-bond acceptors (Lipinski definition) is 2. The molecule has 2 rings (SSSR count). The summed E-state index contributed by atoms with van der Waals surface area (Å²) in [4.78, 5) is 15.9. The second kappa shape index (κ2) is 3.96. The molecule has 0 saturated heterocycles. The summed E-state index contributed by atoms with van der Waals surface area (Å²) in [5.41, 5.74) is 8.58. The Morgan fingerprint density at radius 2 is 2.31 bits per heavy atom. The summed E-state index contributed by atoms with van der Waals surface area (Å²) in [6, 6.07) is 3.87. The van der Waals surface area contributed by atoms with Crippen molar-refractivity contribution in [3.8, 4) is 0 Å². The van der Waals surface area contributed by atoms with Gasteiger partial charge in [0.1, 0.15) is 11.3 Å². The van der Waals surface area contributed by atoms with Crippen LogP contribution < -0.4 is 5.73 Å². The number of fused-ring (bicyclic) bond motifs is 1. The molecule has 2 aromatic heterocycles. The van der Waals surface area contributed by atoms with Crippen LogP contribution in [0.4, 0.5) is 0 Å². The van der Waals surface area contributed by atoms with E-state index in [9.17, 15) is 4.79 Å². The van der Waals surface area contributed by atoms with Crippen LogP contribution in [0, 0.1) is 6.92 Å². The number of hydrogen-bond donors (Lipinski definition) is 1. The van der Waals surface area contributed by atoms with Gasteiger partial charge >= 0.3 is 0 Å². The molecule has 4 heteroatoms. The van der Waals surface area contributed by atoms with Crippen molar-refractivity contribution in [2.24, 2.45) is 5.73 Å². The monoisotopic (exact) mass is 217 g/mol. The molecule has 0 aliphatic carbocycles. The molecule has 4 nitrogen and oxygen atoms in total. The van der Waals surface area contributed by atoms with Crippen molar-refractivity contribution in [2.75, 3.05) is 0 Å². The van der Waals surface area contributed by atoms with Crippen molar-refractivity contribution in [1.29, 1.82) is 0 Å². The van der Waals surface area contributed by atoms with Crippen LogP contribution in [-0.2, 0) is 6.42 Å². The van der Waals surface area contributed by atoms with E-state index in [1.165, 1.54) is 0 Å². The second-order valence-corrected chi connectivity index (χ2v) is 3.91. The highest BCUT2D eigenvalue weighted by molar-refractivity contribution is 5.93. The topological polar surface area (TPSA) is 60.4 Å². The van der Waals surface area contributed by atoms with Crippen LogP contribution in [0.2, 0.25) is 0 Å². The Morgan fingerprint density at radius 3 is 2.94 bits per heavy atom. The van der Waals surface area contributed by atoms with Crippen molar-refractivity contribution >= 4 is 11.6 Å². The third-order valence-electron chi connectivity index (χ3n) is 2.64. The fourth-order valence-corrected chi connectivity index (χ4v) is 1.92. The third kappa shape index (κ3) is 1.56. The highest BCUT2D eigenvalue weighted by Gasteiger charge is 2.16. The van der Waals surface area contributed by atoms with E-state index in [1.807, 2.05) is 25.3 Å². The van der Waals surface area contributed by atoms with Gasteiger partial charge in [-0.3, -0.25) is 9.20 Å². The fourth-order valence-electron chi connectivity index (χ4n) is 1.92. The Labute approximate surface area is 94.1 Å². The Morgan fingerprint density at radius 1 is 1.56 bits per heavy atom.